The lowest BCUT2D eigenvalue weighted by molar-refractivity contribution is -0.265. The highest BCUT2D eigenvalue weighted by atomic mass is 16.4. The topological polar surface area (TPSA) is 158 Å². The van der Waals surface area contributed by atoms with E-state index in [-0.39, 0.29) is 29.6 Å². The summed E-state index contributed by atoms with van der Waals surface area (Å²) in [5, 5.41) is 46.9. The van der Waals surface area contributed by atoms with Crippen molar-refractivity contribution in [2.45, 2.75) is 111 Å². The molecule has 222 valence electrons. The molecule has 2 fully saturated rings. The van der Waals surface area contributed by atoms with Crippen LogP contribution in [0.1, 0.15) is 107 Å². The zero-order valence-electron chi connectivity index (χ0n) is 25.0. The molecule has 1 aromatic carbocycles. The van der Waals surface area contributed by atoms with Crippen LogP contribution in [0.2, 0.25) is 0 Å². The lowest BCUT2D eigenvalue weighted by Crippen LogP contribution is -2.79. The molecule has 8 heteroatoms. The molecule has 1 aromatic rings. The number of benzene rings is 1. The molecule has 2 unspecified atom stereocenters. The Morgan fingerprint density at radius 1 is 1.12 bits per heavy atom. The summed E-state index contributed by atoms with van der Waals surface area (Å²) in [6.07, 6.45) is 0.679. The first-order valence-corrected chi connectivity index (χ1v) is 14.8. The lowest BCUT2D eigenvalue weighted by Gasteiger charge is -2.66. The van der Waals surface area contributed by atoms with Crippen LogP contribution in [0.3, 0.4) is 0 Å². The average Bonchev–Trinajstić information content (AvgIpc) is 2.82. The van der Waals surface area contributed by atoms with Crippen LogP contribution in [0.25, 0.3) is 0 Å². The molecule has 3 aliphatic rings. The molecule has 2 saturated carbocycles. The first kappa shape index (κ1) is 30.7. The number of phenols is 1. The molecule has 3 aliphatic carbocycles. The minimum absolute atomic E-state index is 0.0751. The van der Waals surface area contributed by atoms with E-state index in [0.29, 0.717) is 18.4 Å². The fourth-order valence-corrected chi connectivity index (χ4v) is 8.96. The van der Waals surface area contributed by atoms with Gasteiger partial charge in [-0.2, -0.15) is 0 Å². The molecule has 8 nitrogen and oxygen atoms in total. The highest BCUT2D eigenvalue weighted by molar-refractivity contribution is 6.09. The number of phenolic OH excluding ortho intramolecular Hbond substituents is 1. The molecule has 0 bridgehead atoms. The van der Waals surface area contributed by atoms with E-state index in [4.69, 9.17) is 5.73 Å². The van der Waals surface area contributed by atoms with Gasteiger partial charge in [-0.15, -0.1) is 0 Å². The summed E-state index contributed by atoms with van der Waals surface area (Å²) >= 11 is 0. The Kier molecular flexibility index (Phi) is 7.83. The molecule has 0 aliphatic heterocycles. The number of primary amides is 1. The van der Waals surface area contributed by atoms with E-state index < -0.39 is 63.9 Å². The van der Waals surface area contributed by atoms with Crippen LogP contribution >= 0.6 is 0 Å². The molecule has 0 spiro atoms. The van der Waals surface area contributed by atoms with Gasteiger partial charge in [0.1, 0.15) is 17.8 Å². The van der Waals surface area contributed by atoms with Crippen LogP contribution in [0.4, 0.5) is 0 Å². The molecule has 4 rings (SSSR count). The van der Waals surface area contributed by atoms with Crippen LogP contribution in [-0.4, -0.2) is 55.7 Å². The first-order valence-electron chi connectivity index (χ1n) is 14.8. The molecule has 0 radical (unpaired) electrons. The van der Waals surface area contributed by atoms with Gasteiger partial charge in [-0.3, -0.25) is 14.4 Å². The van der Waals surface area contributed by atoms with Gasteiger partial charge in [0.25, 0.3) is 0 Å². The number of hydrogen-bond acceptors (Lipinski definition) is 7. The SMILES string of the molecule is CCCCCc1cc(C(C)C)c2c(c1O)C(=O)[C@@H]1C(O)[C@@]3(O)C(=O)[C@H](C(N)=O)C(O)[C@H](C(C)C)[C@@]3(C)C[C@@]1(C)C2. The van der Waals surface area contributed by atoms with Crippen molar-refractivity contribution in [1.82, 2.24) is 0 Å². The number of fused-ring (bicyclic) bond motifs is 3. The molecular weight excluding hydrogens is 510 g/mol. The predicted octanol–water partition coefficient (Wildman–Crippen LogP) is 3.43. The van der Waals surface area contributed by atoms with Crippen molar-refractivity contribution in [1.29, 1.82) is 0 Å². The highest BCUT2D eigenvalue weighted by Crippen LogP contribution is 2.66. The summed E-state index contributed by atoms with van der Waals surface area (Å²) in [5.74, 6) is -6.56. The van der Waals surface area contributed by atoms with Gasteiger partial charge in [0.05, 0.1) is 17.6 Å². The van der Waals surface area contributed by atoms with Crippen molar-refractivity contribution >= 4 is 17.5 Å². The van der Waals surface area contributed by atoms with Crippen molar-refractivity contribution in [3.05, 3.63) is 28.3 Å². The van der Waals surface area contributed by atoms with Crippen LogP contribution in [0, 0.1) is 34.5 Å². The molecule has 0 heterocycles. The van der Waals surface area contributed by atoms with E-state index in [1.165, 1.54) is 0 Å². The largest absolute Gasteiger partial charge is 0.507 e. The van der Waals surface area contributed by atoms with Gasteiger partial charge in [0.2, 0.25) is 5.91 Å². The standard InChI is InChI=1S/C32H47NO7/c1-8-9-10-11-17-12-18(15(2)3)19-13-30(6)14-31(7)22(16(4)5)26(36)21(29(33)39)27(37)32(31,40)28(38)23(30)25(35)20(19)24(17)34/h12,15-16,21-23,26,28,34,36,38,40H,8-11,13-14H2,1-7H3,(H2,33,39)/t21-,22+,23-,26?,28?,30-,31-,32+/m1/s1. The van der Waals surface area contributed by atoms with Crippen molar-refractivity contribution in [2.24, 2.45) is 40.2 Å². The van der Waals surface area contributed by atoms with E-state index in [1.54, 1.807) is 6.92 Å². The molecule has 6 N–H and O–H groups in total. The lowest BCUT2D eigenvalue weighted by atomic mass is 9.39. The summed E-state index contributed by atoms with van der Waals surface area (Å²) in [5.41, 5.74) is 3.38. The van der Waals surface area contributed by atoms with E-state index in [2.05, 4.69) is 6.92 Å². The van der Waals surface area contributed by atoms with Gasteiger partial charge in [-0.05, 0) is 65.5 Å². The smallest absolute Gasteiger partial charge is 0.230 e. The highest BCUT2D eigenvalue weighted by Gasteiger charge is 2.75. The summed E-state index contributed by atoms with van der Waals surface area (Å²) in [4.78, 5) is 40.6. The van der Waals surface area contributed by atoms with Crippen LogP contribution in [0.5, 0.6) is 5.75 Å². The molecule has 0 aromatic heterocycles. The average molecular weight is 558 g/mol. The number of rotatable bonds is 7. The Bertz CT molecular complexity index is 1220. The number of aliphatic hydroxyl groups excluding tert-OH is 2. The number of nitrogens with two attached hydrogens (primary N) is 1. The second-order valence-corrected chi connectivity index (χ2v) is 13.9. The van der Waals surface area contributed by atoms with E-state index in [0.717, 1.165) is 30.4 Å². The van der Waals surface area contributed by atoms with Gasteiger partial charge >= 0.3 is 0 Å². The predicted molar refractivity (Wildman–Crippen MR) is 151 cm³/mol. The van der Waals surface area contributed by atoms with E-state index >= 15 is 0 Å². The summed E-state index contributed by atoms with van der Waals surface area (Å²) < 4.78 is 0. The summed E-state index contributed by atoms with van der Waals surface area (Å²) in [6, 6.07) is 2.00. The molecule has 0 saturated heterocycles. The number of aliphatic hydroxyl groups is 3. The Morgan fingerprint density at radius 3 is 2.27 bits per heavy atom. The second kappa shape index (κ2) is 10.2. The Balaban J connectivity index is 1.94. The molecular formula is C32H47NO7. The van der Waals surface area contributed by atoms with Crippen LogP contribution in [-0.2, 0) is 22.4 Å². The Morgan fingerprint density at radius 2 is 1.75 bits per heavy atom. The maximum atomic E-state index is 14.4. The van der Waals surface area contributed by atoms with Gasteiger partial charge in [0.15, 0.2) is 17.2 Å². The summed E-state index contributed by atoms with van der Waals surface area (Å²) in [6.45, 7) is 13.4. The molecule has 8 atom stereocenters. The number of carbonyl (C=O) groups is 3. The molecule has 40 heavy (non-hydrogen) atoms. The van der Waals surface area contributed by atoms with E-state index in [9.17, 15) is 34.8 Å². The number of amides is 1. The fraction of sp³-hybridized carbons (Fsp3) is 0.719. The third kappa shape index (κ3) is 4.08. The maximum absolute atomic E-state index is 14.4. The number of Topliss-reactive ketones (excluding diaryl/α,β-unsaturated/α-hetero) is 2. The van der Waals surface area contributed by atoms with Crippen LogP contribution < -0.4 is 5.73 Å². The van der Waals surface area contributed by atoms with Crippen molar-refractivity contribution < 1.29 is 34.8 Å². The van der Waals surface area contributed by atoms with Gasteiger partial charge in [0, 0.05) is 5.41 Å². The Hall–Kier alpha value is -2.29. The number of unbranched alkanes of at least 4 members (excludes halogenated alkanes) is 2. The number of hydrogen-bond donors (Lipinski definition) is 5. The zero-order chi connectivity index (χ0) is 30.1. The number of ketones is 2. The minimum Gasteiger partial charge on any atom is -0.507 e. The maximum Gasteiger partial charge on any atom is 0.230 e. The fourth-order valence-electron chi connectivity index (χ4n) is 8.96. The first-order chi connectivity index (χ1) is 18.5. The third-order valence-corrected chi connectivity index (χ3v) is 10.6. The second-order valence-electron chi connectivity index (χ2n) is 13.9. The van der Waals surface area contributed by atoms with Gasteiger partial charge < -0.3 is 26.2 Å². The third-order valence-electron chi connectivity index (χ3n) is 10.6. The number of aryl methyl sites for hydroxylation is 1. The zero-order valence-corrected chi connectivity index (χ0v) is 25.0. The van der Waals surface area contributed by atoms with Gasteiger partial charge in [-0.1, -0.05) is 67.4 Å². The Labute approximate surface area is 237 Å². The normalized spacial score (nSPS) is 37.4. The summed E-state index contributed by atoms with van der Waals surface area (Å²) in [7, 11) is 0. The van der Waals surface area contributed by atoms with Crippen molar-refractivity contribution in [3.8, 4) is 5.75 Å². The molecule has 1 amide bonds. The quantitative estimate of drug-likeness (QED) is 0.254. The van der Waals surface area contributed by atoms with Crippen molar-refractivity contribution in [2.75, 3.05) is 0 Å². The van der Waals surface area contributed by atoms with Gasteiger partial charge in [-0.25, -0.2) is 0 Å². The minimum atomic E-state index is -2.49. The number of carbonyl (C=O) groups excluding carboxylic acids is 3. The van der Waals surface area contributed by atoms with E-state index in [1.807, 2.05) is 40.7 Å². The number of aromatic hydroxyl groups is 1. The van der Waals surface area contributed by atoms with Crippen LogP contribution in [0.15, 0.2) is 6.07 Å². The monoisotopic (exact) mass is 557 g/mol. The van der Waals surface area contributed by atoms with Crippen molar-refractivity contribution in [3.63, 3.8) is 0 Å².